The van der Waals surface area contributed by atoms with Gasteiger partial charge >= 0.3 is 0 Å². The predicted molar refractivity (Wildman–Crippen MR) is 80.5 cm³/mol. The van der Waals surface area contributed by atoms with Crippen molar-refractivity contribution in [1.82, 2.24) is 10.2 Å². The van der Waals surface area contributed by atoms with E-state index < -0.39 is 0 Å². The van der Waals surface area contributed by atoms with E-state index in [2.05, 4.69) is 37.4 Å². The van der Waals surface area contributed by atoms with Gasteiger partial charge in [0.05, 0.1) is 6.54 Å². The molecule has 1 aromatic carbocycles. The lowest BCUT2D eigenvalue weighted by molar-refractivity contribution is -0.127. The van der Waals surface area contributed by atoms with Crippen LogP contribution in [0.25, 0.3) is 0 Å². The number of rotatable bonds is 6. The summed E-state index contributed by atoms with van der Waals surface area (Å²) in [5, 5.41) is 3.33. The highest BCUT2D eigenvalue weighted by atomic mass is 16.2. The summed E-state index contributed by atoms with van der Waals surface area (Å²) in [5.74, 6) is 0.108. The summed E-state index contributed by atoms with van der Waals surface area (Å²) >= 11 is 0. The molecule has 0 bridgehead atoms. The monoisotopic (exact) mass is 263 g/mol. The Morgan fingerprint density at radius 3 is 2.47 bits per heavy atom. The number of likely N-dealkylation sites (N-methyl/N-ethyl adjacent to an activating group) is 2. The van der Waals surface area contributed by atoms with Crippen molar-refractivity contribution in [2.45, 2.75) is 20.4 Å². The summed E-state index contributed by atoms with van der Waals surface area (Å²) in [6.07, 6.45) is 0. The van der Waals surface area contributed by atoms with Crippen molar-refractivity contribution in [1.29, 1.82) is 0 Å². The molecule has 0 radical (unpaired) electrons. The van der Waals surface area contributed by atoms with Gasteiger partial charge in [-0.2, -0.15) is 0 Å². The van der Waals surface area contributed by atoms with Crippen LogP contribution in [-0.4, -0.2) is 45.0 Å². The molecule has 0 aliphatic rings. The van der Waals surface area contributed by atoms with E-state index in [1.54, 1.807) is 19.0 Å². The quantitative estimate of drug-likeness (QED) is 0.847. The summed E-state index contributed by atoms with van der Waals surface area (Å²) in [6, 6.07) is 6.34. The molecule has 0 heterocycles. The Hall–Kier alpha value is -1.55. The third-order valence-electron chi connectivity index (χ3n) is 3.20. The average molecular weight is 263 g/mol. The molecule has 4 heteroatoms. The first-order valence-corrected chi connectivity index (χ1v) is 6.67. The molecule has 0 spiro atoms. The first-order chi connectivity index (χ1) is 8.95. The van der Waals surface area contributed by atoms with E-state index in [-0.39, 0.29) is 5.91 Å². The molecular formula is C15H25N3O. The minimum atomic E-state index is 0.108. The van der Waals surface area contributed by atoms with Crippen molar-refractivity contribution in [2.24, 2.45) is 0 Å². The largest absolute Gasteiger partial charge is 0.365 e. The van der Waals surface area contributed by atoms with Crippen LogP contribution in [0.2, 0.25) is 0 Å². The second-order valence-electron chi connectivity index (χ2n) is 5.04. The number of nitrogens with one attached hydrogen (secondary N) is 1. The molecule has 1 amide bonds. The van der Waals surface area contributed by atoms with Gasteiger partial charge in [-0.1, -0.05) is 13.0 Å². The number of hydrogen-bond acceptors (Lipinski definition) is 3. The molecule has 0 atom stereocenters. The number of nitrogens with zero attached hydrogens (tertiary/aromatic N) is 2. The Kier molecular flexibility index (Phi) is 5.83. The number of anilines is 1. The van der Waals surface area contributed by atoms with Crippen LogP contribution >= 0.6 is 0 Å². The van der Waals surface area contributed by atoms with Crippen LogP contribution in [-0.2, 0) is 11.3 Å². The van der Waals surface area contributed by atoms with E-state index >= 15 is 0 Å². The van der Waals surface area contributed by atoms with Crippen LogP contribution in [0.15, 0.2) is 18.2 Å². The number of amides is 1. The number of aryl methyl sites for hydroxylation is 1. The van der Waals surface area contributed by atoms with E-state index in [4.69, 9.17) is 0 Å². The van der Waals surface area contributed by atoms with Crippen LogP contribution < -0.4 is 10.2 Å². The van der Waals surface area contributed by atoms with Gasteiger partial charge in [0.15, 0.2) is 0 Å². The van der Waals surface area contributed by atoms with E-state index in [1.165, 1.54) is 11.1 Å². The molecule has 0 saturated carbocycles. The number of carbonyl (C=O) groups is 1. The SMILES string of the molecule is CCNCc1ccc(N(C)CC(=O)N(C)C)cc1C. The van der Waals surface area contributed by atoms with Crippen molar-refractivity contribution in [3.63, 3.8) is 0 Å². The number of carbonyl (C=O) groups excluding carboxylic acids is 1. The zero-order valence-corrected chi connectivity index (χ0v) is 12.7. The van der Waals surface area contributed by atoms with Gasteiger partial charge in [0.2, 0.25) is 5.91 Å². The summed E-state index contributed by atoms with van der Waals surface area (Å²) in [6.45, 7) is 6.47. The molecular weight excluding hydrogens is 238 g/mol. The van der Waals surface area contributed by atoms with E-state index in [0.29, 0.717) is 6.54 Å². The molecule has 4 nitrogen and oxygen atoms in total. The zero-order chi connectivity index (χ0) is 14.4. The van der Waals surface area contributed by atoms with Crippen LogP contribution in [0.4, 0.5) is 5.69 Å². The first kappa shape index (κ1) is 15.5. The van der Waals surface area contributed by atoms with Crippen LogP contribution in [0, 0.1) is 6.92 Å². The highest BCUT2D eigenvalue weighted by molar-refractivity contribution is 5.80. The summed E-state index contributed by atoms with van der Waals surface area (Å²) in [4.78, 5) is 15.3. The normalized spacial score (nSPS) is 10.4. The lowest BCUT2D eigenvalue weighted by atomic mass is 10.1. The molecule has 0 aromatic heterocycles. The second-order valence-corrected chi connectivity index (χ2v) is 5.04. The maximum atomic E-state index is 11.7. The van der Waals surface area contributed by atoms with Gasteiger partial charge in [0, 0.05) is 33.4 Å². The molecule has 1 aromatic rings. The van der Waals surface area contributed by atoms with Crippen molar-refractivity contribution >= 4 is 11.6 Å². The van der Waals surface area contributed by atoms with Crippen LogP contribution in [0.5, 0.6) is 0 Å². The van der Waals surface area contributed by atoms with Gasteiger partial charge in [-0.15, -0.1) is 0 Å². The molecule has 1 rings (SSSR count). The predicted octanol–water partition coefficient (Wildman–Crippen LogP) is 1.63. The van der Waals surface area contributed by atoms with Crippen LogP contribution in [0.3, 0.4) is 0 Å². The minimum absolute atomic E-state index is 0.108. The molecule has 19 heavy (non-hydrogen) atoms. The van der Waals surface area contributed by atoms with Gasteiger partial charge in [-0.25, -0.2) is 0 Å². The highest BCUT2D eigenvalue weighted by Crippen LogP contribution is 2.18. The number of benzene rings is 1. The minimum Gasteiger partial charge on any atom is -0.365 e. The molecule has 0 saturated heterocycles. The third kappa shape index (κ3) is 4.56. The average Bonchev–Trinajstić information content (AvgIpc) is 2.36. The highest BCUT2D eigenvalue weighted by Gasteiger charge is 2.10. The van der Waals surface area contributed by atoms with Gasteiger partial charge in [-0.05, 0) is 36.7 Å². The Labute approximate surface area is 116 Å². The fourth-order valence-electron chi connectivity index (χ4n) is 1.81. The van der Waals surface area contributed by atoms with Crippen molar-refractivity contribution in [2.75, 3.05) is 39.1 Å². The molecule has 0 fully saturated rings. The lowest BCUT2D eigenvalue weighted by Gasteiger charge is -2.22. The molecule has 0 unspecified atom stereocenters. The summed E-state index contributed by atoms with van der Waals surface area (Å²) in [5.41, 5.74) is 3.63. The molecule has 106 valence electrons. The Morgan fingerprint density at radius 2 is 1.95 bits per heavy atom. The molecule has 1 N–H and O–H groups in total. The molecule has 0 aliphatic heterocycles. The van der Waals surface area contributed by atoms with E-state index in [1.807, 2.05) is 11.9 Å². The lowest BCUT2D eigenvalue weighted by Crippen LogP contribution is -2.34. The maximum Gasteiger partial charge on any atom is 0.241 e. The van der Waals surface area contributed by atoms with E-state index in [0.717, 1.165) is 18.8 Å². The first-order valence-electron chi connectivity index (χ1n) is 6.67. The molecule has 0 aliphatic carbocycles. The van der Waals surface area contributed by atoms with Crippen molar-refractivity contribution in [3.05, 3.63) is 29.3 Å². The maximum absolute atomic E-state index is 11.7. The summed E-state index contributed by atoms with van der Waals surface area (Å²) in [7, 11) is 5.50. The van der Waals surface area contributed by atoms with Crippen molar-refractivity contribution in [3.8, 4) is 0 Å². The summed E-state index contributed by atoms with van der Waals surface area (Å²) < 4.78 is 0. The Bertz CT molecular complexity index is 429. The number of hydrogen-bond donors (Lipinski definition) is 1. The zero-order valence-electron chi connectivity index (χ0n) is 12.7. The standard InChI is InChI=1S/C15H25N3O/c1-6-16-10-13-7-8-14(9-12(13)2)18(5)11-15(19)17(3)4/h7-9,16H,6,10-11H2,1-5H3. The van der Waals surface area contributed by atoms with E-state index in [9.17, 15) is 4.79 Å². The van der Waals surface area contributed by atoms with Gasteiger partial charge < -0.3 is 15.1 Å². The fourth-order valence-corrected chi connectivity index (χ4v) is 1.81. The second kappa shape index (κ2) is 7.14. The van der Waals surface area contributed by atoms with Crippen LogP contribution in [0.1, 0.15) is 18.1 Å². The third-order valence-corrected chi connectivity index (χ3v) is 3.20. The van der Waals surface area contributed by atoms with Gasteiger partial charge in [0.25, 0.3) is 0 Å². The topological polar surface area (TPSA) is 35.6 Å². The van der Waals surface area contributed by atoms with Gasteiger partial charge in [-0.3, -0.25) is 4.79 Å². The Balaban J connectivity index is 2.74. The fraction of sp³-hybridized carbons (Fsp3) is 0.533. The smallest absolute Gasteiger partial charge is 0.241 e. The Morgan fingerprint density at radius 1 is 1.26 bits per heavy atom. The van der Waals surface area contributed by atoms with Crippen molar-refractivity contribution < 1.29 is 4.79 Å². The van der Waals surface area contributed by atoms with Gasteiger partial charge in [0.1, 0.15) is 0 Å².